The van der Waals surface area contributed by atoms with Crippen LogP contribution in [0.25, 0.3) is 77.2 Å². The van der Waals surface area contributed by atoms with E-state index < -0.39 is 8.07 Å². The zero-order valence-electron chi connectivity index (χ0n) is 34.6. The van der Waals surface area contributed by atoms with Crippen LogP contribution in [0.4, 0.5) is 0 Å². The fourth-order valence-corrected chi connectivity index (χ4v) is 15.4. The molecule has 296 valence electrons. The minimum Gasteiger partial charge on any atom is -0.309 e. The molecular weight excluding hydrogens is 777 g/mol. The van der Waals surface area contributed by atoms with E-state index in [9.17, 15) is 0 Å². The summed E-state index contributed by atoms with van der Waals surface area (Å²) in [5.74, 6) is 0. The molecule has 0 bridgehead atoms. The van der Waals surface area contributed by atoms with E-state index >= 15 is 0 Å². The van der Waals surface area contributed by atoms with Crippen molar-refractivity contribution >= 4 is 72.4 Å². The summed E-state index contributed by atoms with van der Waals surface area (Å²) in [6, 6.07) is 94.4. The van der Waals surface area contributed by atoms with Gasteiger partial charge in [-0.05, 0) is 67.8 Å². The first-order chi connectivity index (χ1) is 31.3. The van der Waals surface area contributed by atoms with Crippen LogP contribution in [-0.4, -0.2) is 17.2 Å². The largest absolute Gasteiger partial charge is 0.309 e. The van der Waals surface area contributed by atoms with Gasteiger partial charge in [0.15, 0.2) is 8.07 Å². The van der Waals surface area contributed by atoms with Gasteiger partial charge in [0, 0.05) is 32.8 Å². The standard InChI is InChI=1S/C60H42N2Si/c1-6-22-43(23-7-1)45-26-18-27-46(42-45)61-54-38-17-16-34-53(54)58-55(61)39-21-40-56(58)62-59-50(44-24-8-2-9-25-44)35-19-36-51(59)52-37-20-41-57(60(52)62)63(47-28-10-3-11-29-47,48-30-12-4-13-31-48)49-32-14-5-15-33-49/h1-42H. The molecule has 3 heteroatoms. The van der Waals surface area contributed by atoms with Gasteiger partial charge in [-0.3, -0.25) is 0 Å². The molecule has 0 saturated carbocycles. The number of hydrogen-bond acceptors (Lipinski definition) is 0. The molecule has 0 amide bonds. The third-order valence-electron chi connectivity index (χ3n) is 13.0. The smallest absolute Gasteiger partial charge is 0.181 e. The summed E-state index contributed by atoms with van der Waals surface area (Å²) in [7, 11) is -3.02. The number of nitrogens with zero attached hydrogens (tertiary/aromatic N) is 2. The van der Waals surface area contributed by atoms with Gasteiger partial charge in [-0.1, -0.05) is 224 Å². The number of benzene rings is 10. The maximum atomic E-state index is 2.65. The van der Waals surface area contributed by atoms with Crippen molar-refractivity contribution in [2.45, 2.75) is 0 Å². The van der Waals surface area contributed by atoms with E-state index in [-0.39, 0.29) is 0 Å². The number of hydrogen-bond donors (Lipinski definition) is 0. The molecule has 10 aromatic carbocycles. The Morgan fingerprint density at radius 3 is 1.43 bits per heavy atom. The average molecular weight is 819 g/mol. The van der Waals surface area contributed by atoms with Crippen LogP contribution in [0.15, 0.2) is 255 Å². The second-order valence-corrected chi connectivity index (χ2v) is 20.2. The third-order valence-corrected chi connectivity index (χ3v) is 17.9. The summed E-state index contributed by atoms with van der Waals surface area (Å²) in [6.07, 6.45) is 0. The summed E-state index contributed by atoms with van der Waals surface area (Å²) >= 11 is 0. The van der Waals surface area contributed by atoms with Crippen LogP contribution in [0.1, 0.15) is 0 Å². The van der Waals surface area contributed by atoms with Crippen LogP contribution < -0.4 is 20.7 Å². The molecule has 12 aromatic rings. The van der Waals surface area contributed by atoms with Crippen molar-refractivity contribution in [1.82, 2.24) is 9.13 Å². The molecule has 63 heavy (non-hydrogen) atoms. The number of rotatable bonds is 8. The highest BCUT2D eigenvalue weighted by atomic mass is 28.3. The minimum atomic E-state index is -3.02. The molecule has 2 heterocycles. The lowest BCUT2D eigenvalue weighted by Gasteiger charge is -2.35. The number of para-hydroxylation sites is 3. The average Bonchev–Trinajstić information content (AvgIpc) is 3.90. The van der Waals surface area contributed by atoms with Gasteiger partial charge in [0.1, 0.15) is 0 Å². The zero-order valence-corrected chi connectivity index (χ0v) is 35.6. The second-order valence-electron chi connectivity index (χ2n) is 16.4. The van der Waals surface area contributed by atoms with Gasteiger partial charge in [-0.2, -0.15) is 0 Å². The highest BCUT2D eigenvalue weighted by Crippen LogP contribution is 2.43. The highest BCUT2D eigenvalue weighted by Gasteiger charge is 2.43. The van der Waals surface area contributed by atoms with Crippen molar-refractivity contribution in [1.29, 1.82) is 0 Å². The van der Waals surface area contributed by atoms with Gasteiger partial charge in [0.25, 0.3) is 0 Å². The van der Waals surface area contributed by atoms with Crippen LogP contribution >= 0.6 is 0 Å². The quantitative estimate of drug-likeness (QED) is 0.107. The Morgan fingerprint density at radius 2 is 0.778 bits per heavy atom. The summed E-state index contributed by atoms with van der Waals surface area (Å²) < 4.78 is 5.11. The van der Waals surface area contributed by atoms with E-state index in [0.29, 0.717) is 0 Å². The van der Waals surface area contributed by atoms with Crippen molar-refractivity contribution in [2.75, 3.05) is 0 Å². The first kappa shape index (κ1) is 36.8. The molecule has 0 radical (unpaired) electrons. The van der Waals surface area contributed by atoms with Gasteiger partial charge >= 0.3 is 0 Å². The lowest BCUT2D eigenvalue weighted by Crippen LogP contribution is -2.75. The molecule has 0 saturated heterocycles. The molecule has 0 aliphatic rings. The Hall–Kier alpha value is -7.98. The summed E-state index contributed by atoms with van der Waals surface area (Å²) in [5.41, 5.74) is 11.9. The molecule has 2 aromatic heterocycles. The summed E-state index contributed by atoms with van der Waals surface area (Å²) in [5, 5.41) is 10.3. The maximum absolute atomic E-state index is 3.02. The molecule has 0 N–H and O–H groups in total. The number of aromatic nitrogens is 2. The number of fused-ring (bicyclic) bond motifs is 6. The van der Waals surface area contributed by atoms with Gasteiger partial charge in [0.05, 0.1) is 27.8 Å². The molecule has 0 atom stereocenters. The van der Waals surface area contributed by atoms with Crippen molar-refractivity contribution in [3.05, 3.63) is 255 Å². The topological polar surface area (TPSA) is 9.86 Å². The Kier molecular flexibility index (Phi) is 8.87. The fourth-order valence-electron chi connectivity index (χ4n) is 10.5. The Labute approximate surface area is 368 Å². The van der Waals surface area contributed by atoms with Crippen LogP contribution in [0.3, 0.4) is 0 Å². The maximum Gasteiger partial charge on any atom is 0.181 e. The third kappa shape index (κ3) is 5.78. The minimum absolute atomic E-state index is 1.14. The SMILES string of the molecule is c1ccc(-c2cccc(-n3c4ccccc4c4c(-n5c6c(-c7ccccc7)cccc6c6cccc([Si](c7ccccc7)(c7ccccc7)c7ccccc7)c65)cccc43)c2)cc1. The molecule has 0 aliphatic heterocycles. The van der Waals surface area contributed by atoms with Crippen molar-refractivity contribution in [3.63, 3.8) is 0 Å². The van der Waals surface area contributed by atoms with E-state index in [4.69, 9.17) is 0 Å². The molecular formula is C60H42N2Si. The highest BCUT2D eigenvalue weighted by molar-refractivity contribution is 7.20. The second kappa shape index (κ2) is 15.2. The molecule has 0 spiro atoms. The zero-order chi connectivity index (χ0) is 41.7. The Balaban J connectivity index is 1.27. The van der Waals surface area contributed by atoms with Crippen molar-refractivity contribution in [2.24, 2.45) is 0 Å². The Morgan fingerprint density at radius 1 is 0.302 bits per heavy atom. The Bertz CT molecular complexity index is 3500. The van der Waals surface area contributed by atoms with Crippen molar-refractivity contribution in [3.8, 4) is 33.6 Å². The fraction of sp³-hybridized carbons (Fsp3) is 0. The van der Waals surface area contributed by atoms with Gasteiger partial charge < -0.3 is 9.13 Å². The normalized spacial score (nSPS) is 11.8. The van der Waals surface area contributed by atoms with Crippen LogP contribution in [0, 0.1) is 0 Å². The molecule has 0 aliphatic carbocycles. The lowest BCUT2D eigenvalue weighted by molar-refractivity contribution is 1.17. The van der Waals surface area contributed by atoms with E-state index in [1.54, 1.807) is 0 Å². The van der Waals surface area contributed by atoms with E-state index in [2.05, 4.69) is 264 Å². The first-order valence-electron chi connectivity index (χ1n) is 21.8. The lowest BCUT2D eigenvalue weighted by atomic mass is 10.0. The summed E-state index contributed by atoms with van der Waals surface area (Å²) in [6.45, 7) is 0. The first-order valence-corrected chi connectivity index (χ1v) is 23.8. The van der Waals surface area contributed by atoms with Crippen LogP contribution in [-0.2, 0) is 0 Å². The monoisotopic (exact) mass is 818 g/mol. The van der Waals surface area contributed by atoms with Crippen LogP contribution in [0.5, 0.6) is 0 Å². The molecule has 12 rings (SSSR count). The van der Waals surface area contributed by atoms with Crippen molar-refractivity contribution < 1.29 is 0 Å². The van der Waals surface area contributed by atoms with E-state index in [1.165, 1.54) is 86.6 Å². The van der Waals surface area contributed by atoms with Gasteiger partial charge in [-0.25, -0.2) is 0 Å². The van der Waals surface area contributed by atoms with Crippen LogP contribution in [0.2, 0.25) is 0 Å². The predicted molar refractivity (Wildman–Crippen MR) is 270 cm³/mol. The van der Waals surface area contributed by atoms with E-state index in [0.717, 1.165) is 11.4 Å². The predicted octanol–water partition coefficient (Wildman–Crippen LogP) is 12.6. The molecule has 2 nitrogen and oxygen atoms in total. The van der Waals surface area contributed by atoms with Gasteiger partial charge in [0.2, 0.25) is 0 Å². The van der Waals surface area contributed by atoms with E-state index in [1.807, 2.05) is 0 Å². The molecule has 0 fully saturated rings. The van der Waals surface area contributed by atoms with Gasteiger partial charge in [-0.15, -0.1) is 0 Å². The molecule has 0 unspecified atom stereocenters. The summed E-state index contributed by atoms with van der Waals surface area (Å²) in [4.78, 5) is 0.